The number of methoxy groups -OCH3 is 7. The fraction of sp³-hybridized carbons (Fsp3) is 0.591. The molecule has 5 unspecified atom stereocenters. The number of carbonyl (C=O) groups is 9. The number of carbonyl (C=O) groups excluding carboxylic acids is 5. The summed E-state index contributed by atoms with van der Waals surface area (Å²) in [6.45, 7) is 16.2. The normalized spacial score (nSPS) is 18.5. The molecule has 2 saturated heterocycles. The number of nitrogens with zero attached hydrogens (tertiary/aromatic N) is 8. The van der Waals surface area contributed by atoms with E-state index >= 15 is 0 Å². The number of aliphatic carboxylic acids is 4. The number of likely N-dealkylation sites (tertiary alicyclic amines) is 2. The molecule has 3 aromatic carbocycles. The molecule has 126 heavy (non-hydrogen) atoms. The molecule has 8 atom stereocenters. The predicted octanol–water partition coefficient (Wildman–Crippen LogP) is 13.8. The zero-order chi connectivity index (χ0) is 92.7. The first-order valence-electron chi connectivity index (χ1n) is 42.6. The summed E-state index contributed by atoms with van der Waals surface area (Å²) in [5.41, 5.74) is 5.34. The third-order valence-electron chi connectivity index (χ3n) is 23.2. The lowest BCUT2D eigenvalue weighted by molar-refractivity contribution is -0.193. The van der Waals surface area contributed by atoms with Crippen molar-refractivity contribution < 1.29 is 123 Å². The summed E-state index contributed by atoms with van der Waals surface area (Å²) in [5, 5.41) is 59.0. The quantitative estimate of drug-likeness (QED) is 0.0137. The van der Waals surface area contributed by atoms with E-state index in [1.807, 2.05) is 82.5 Å². The maximum Gasteiger partial charge on any atom is 0.490 e. The van der Waals surface area contributed by atoms with Gasteiger partial charge in [0.1, 0.15) is 41.0 Å². The maximum atomic E-state index is 13.5. The summed E-state index contributed by atoms with van der Waals surface area (Å²) in [4.78, 5) is 110. The number of piperidine rings is 2. The van der Waals surface area contributed by atoms with Crippen LogP contribution >= 0.6 is 0 Å². The molecule has 4 amide bonds. The van der Waals surface area contributed by atoms with Crippen molar-refractivity contribution in [1.29, 1.82) is 0 Å². The maximum absolute atomic E-state index is 13.5. The molecule has 2 aliphatic heterocycles. The van der Waals surface area contributed by atoms with E-state index < -0.39 is 60.3 Å². The van der Waals surface area contributed by atoms with Gasteiger partial charge < -0.3 is 84.7 Å². The predicted molar refractivity (Wildman–Crippen MR) is 453 cm³/mol. The van der Waals surface area contributed by atoms with E-state index in [1.54, 1.807) is 60.9 Å². The van der Waals surface area contributed by atoms with Gasteiger partial charge in [-0.1, -0.05) is 84.9 Å². The number of ether oxygens (including phenoxy) is 7. The minimum Gasteiger partial charge on any atom is -0.496 e. The molecule has 5 fully saturated rings. The van der Waals surface area contributed by atoms with Crippen LogP contribution in [0.4, 0.5) is 26.3 Å². The highest BCUT2D eigenvalue weighted by atomic mass is 19.4. The van der Waals surface area contributed by atoms with Crippen LogP contribution in [0.25, 0.3) is 33.8 Å². The number of nitrogens with one attached hydrogen (secondary N) is 4. The SMILES string of the molecule is COC(=O)CNC(=O)C[C@H](CC(C)C)NC(=O)c1cc(-c2c(OC)cccc2OC)n(C2CCC(C)C2C)n1.COc1cccc(OC)c1-c1cc(C(=O)N[C@@H](CCN2CCCCC2)CC(=O)O)nn1C1CCCC1.COc1cccc(OC)c1-c1cc(C(=O)N[C@@H](CCN2CCCCC2)CC(=O)O)nn1C1CCCC1C.O=C(O)C(F)(F)F.O=C(O)C(F)(F)F. The smallest absolute Gasteiger partial charge is 0.490 e. The van der Waals surface area contributed by atoms with Crippen LogP contribution < -0.4 is 49.7 Å². The second-order valence-corrected chi connectivity index (χ2v) is 32.5. The van der Waals surface area contributed by atoms with E-state index in [1.165, 1.54) is 45.6 Å². The van der Waals surface area contributed by atoms with Crippen molar-refractivity contribution in [2.45, 2.75) is 218 Å². The van der Waals surface area contributed by atoms with Crippen LogP contribution in [0.1, 0.15) is 219 Å². The summed E-state index contributed by atoms with van der Waals surface area (Å²) in [7, 11) is 10.9. The minimum absolute atomic E-state index is 0.0337. The van der Waals surface area contributed by atoms with Crippen molar-refractivity contribution in [1.82, 2.24) is 60.4 Å². The number of hydrogen-bond acceptors (Lipinski definition) is 21. The monoisotopic (exact) mass is 1780 g/mol. The van der Waals surface area contributed by atoms with Gasteiger partial charge in [0, 0.05) is 37.6 Å². The average molecular weight is 1780 g/mol. The zero-order valence-corrected chi connectivity index (χ0v) is 73.7. The van der Waals surface area contributed by atoms with E-state index in [-0.39, 0.29) is 90.6 Å². The third-order valence-corrected chi connectivity index (χ3v) is 23.2. The highest BCUT2D eigenvalue weighted by Crippen LogP contribution is 2.48. The van der Waals surface area contributed by atoms with E-state index in [0.717, 1.165) is 131 Å². The van der Waals surface area contributed by atoms with Crippen molar-refractivity contribution >= 4 is 53.5 Å². The molecule has 8 N–H and O–H groups in total. The molecule has 38 heteroatoms. The van der Waals surface area contributed by atoms with E-state index in [2.05, 4.69) is 56.6 Å². The van der Waals surface area contributed by atoms with Crippen molar-refractivity contribution in [2.75, 3.05) is 95.6 Å². The molecule has 3 aromatic heterocycles. The fourth-order valence-electron chi connectivity index (χ4n) is 16.5. The van der Waals surface area contributed by atoms with Crippen LogP contribution in [0.2, 0.25) is 0 Å². The second kappa shape index (κ2) is 49.1. The van der Waals surface area contributed by atoms with Crippen LogP contribution in [0, 0.1) is 23.7 Å². The number of alkyl halides is 6. The van der Waals surface area contributed by atoms with Crippen molar-refractivity contribution in [3.8, 4) is 68.3 Å². The van der Waals surface area contributed by atoms with Crippen molar-refractivity contribution in [2.24, 2.45) is 23.7 Å². The standard InChI is InChI=1S/C29H42N4O6.C28H40N4O5.C27H38N4O5.2C2HF3O2/c1-17(2)13-20(14-26(34)30-16-27(35)39-7)31-29(36)21-15-23(28-24(37-5)9-8-10-25(28)38-6)33(32-21)22-12-11-18(3)19(22)4;1-19-9-7-10-22(19)32-23(27-24(36-2)11-8-12-25(27)37-3)18-21(30-32)28(35)29-20(17-26(33)34)13-16-31-14-5-4-6-15-31;1-35-23-11-8-12-24(36-2)26(23)22-18-21(29-31(22)20-9-4-5-10-20)27(34)28-19(17-25(32)33)13-16-30-14-6-3-7-15-30;2*3-2(4,5)1(6)7/h8-10,15,17-20,22H,11-14,16H2,1-7H3,(H,30,34)(H,31,36);8,11-12,18-20,22H,4-7,9-10,13-17H2,1-3H3,(H,29,35)(H,33,34);8,11-12,18-20H,3-7,9-10,13-17H2,1-2H3,(H,28,34)(H,32,33);2*(H,6,7)/t18?,19?,20-,22?;19?,20-,22?;19-;;/m000../s1. The summed E-state index contributed by atoms with van der Waals surface area (Å²) in [5.74, 6) is -3.94. The molecular weight excluding hydrogens is 1660 g/mol. The highest BCUT2D eigenvalue weighted by molar-refractivity contribution is 5.96. The van der Waals surface area contributed by atoms with Gasteiger partial charge in [0.15, 0.2) is 17.1 Å². The van der Waals surface area contributed by atoms with Crippen molar-refractivity contribution in [3.63, 3.8) is 0 Å². The molecule has 5 heterocycles. The first-order chi connectivity index (χ1) is 59.9. The Hall–Kier alpha value is -11.2. The van der Waals surface area contributed by atoms with Gasteiger partial charge in [-0.25, -0.2) is 9.59 Å². The Morgan fingerprint density at radius 1 is 0.444 bits per heavy atom. The lowest BCUT2D eigenvalue weighted by atomic mass is 9.97. The number of carboxylic acids is 4. The van der Waals surface area contributed by atoms with Crippen LogP contribution in [0.3, 0.4) is 0 Å². The molecular formula is C88H122F6N12O20. The Balaban J connectivity index is 0.000000240. The van der Waals surface area contributed by atoms with E-state index in [0.29, 0.717) is 71.5 Å². The first kappa shape index (κ1) is 102. The van der Waals surface area contributed by atoms with E-state index in [4.69, 9.17) is 63.5 Å². The Bertz CT molecular complexity index is 4480. The molecule has 32 nitrogen and oxygen atoms in total. The largest absolute Gasteiger partial charge is 0.496 e. The Morgan fingerprint density at radius 3 is 1.12 bits per heavy atom. The molecule has 5 aliphatic rings. The number of aromatic nitrogens is 6. The number of rotatable bonds is 34. The summed E-state index contributed by atoms with van der Waals surface area (Å²) < 4.78 is 108. The lowest BCUT2D eigenvalue weighted by Gasteiger charge is -2.28. The van der Waals surface area contributed by atoms with Gasteiger partial charge in [0.25, 0.3) is 17.7 Å². The first-order valence-corrected chi connectivity index (χ1v) is 42.6. The van der Waals surface area contributed by atoms with Gasteiger partial charge in [-0.15, -0.1) is 0 Å². The fourth-order valence-corrected chi connectivity index (χ4v) is 16.5. The van der Waals surface area contributed by atoms with Gasteiger partial charge in [-0.3, -0.25) is 47.6 Å². The number of esters is 1. The van der Waals surface area contributed by atoms with Gasteiger partial charge in [0.05, 0.1) is 115 Å². The number of amides is 4. The van der Waals surface area contributed by atoms with Crippen LogP contribution in [-0.4, -0.2) is 239 Å². The van der Waals surface area contributed by atoms with Crippen LogP contribution in [-0.2, 0) is 33.5 Å². The van der Waals surface area contributed by atoms with Crippen molar-refractivity contribution in [3.05, 3.63) is 89.9 Å². The molecule has 0 radical (unpaired) electrons. The zero-order valence-electron chi connectivity index (χ0n) is 73.7. The summed E-state index contributed by atoms with van der Waals surface area (Å²) in [6.07, 6.45) is 7.99. The lowest BCUT2D eigenvalue weighted by Crippen LogP contribution is -2.41. The Kier molecular flexibility index (Phi) is 39.7. The van der Waals surface area contributed by atoms with Crippen LogP contribution in [0.5, 0.6) is 34.5 Å². The number of benzene rings is 3. The van der Waals surface area contributed by atoms with Gasteiger partial charge in [-0.2, -0.15) is 41.6 Å². The number of halogens is 6. The Labute approximate surface area is 729 Å². The van der Waals surface area contributed by atoms with E-state index in [9.17, 15) is 70.1 Å². The number of carboxylic acid groups (broad SMARTS) is 4. The van der Waals surface area contributed by atoms with Gasteiger partial charge in [0.2, 0.25) is 5.91 Å². The average Bonchev–Trinajstić information content (AvgIpc) is 1.62. The second-order valence-electron chi connectivity index (χ2n) is 32.5. The molecule has 3 aliphatic carbocycles. The number of hydrogen-bond donors (Lipinski definition) is 8. The highest BCUT2D eigenvalue weighted by Gasteiger charge is 2.41. The molecule has 3 saturated carbocycles. The molecule has 11 rings (SSSR count). The minimum atomic E-state index is -5.08. The Morgan fingerprint density at radius 2 is 0.802 bits per heavy atom. The molecule has 0 spiro atoms. The molecule has 6 aromatic rings. The topological polar surface area (TPSA) is 407 Å². The van der Waals surface area contributed by atoms with Gasteiger partial charge in [-0.05, 0) is 188 Å². The van der Waals surface area contributed by atoms with Gasteiger partial charge >= 0.3 is 42.2 Å². The summed E-state index contributed by atoms with van der Waals surface area (Å²) >= 11 is 0. The third kappa shape index (κ3) is 29.7. The molecule has 696 valence electrons. The van der Waals surface area contributed by atoms with Crippen LogP contribution in [0.15, 0.2) is 72.8 Å². The molecule has 0 bridgehead atoms. The summed E-state index contributed by atoms with van der Waals surface area (Å²) in [6, 6.07) is 21.2.